The lowest BCUT2D eigenvalue weighted by atomic mass is 9.92. The van der Waals surface area contributed by atoms with E-state index in [2.05, 4.69) is 17.6 Å². The van der Waals surface area contributed by atoms with Crippen LogP contribution in [0.1, 0.15) is 57.9 Å². The van der Waals surface area contributed by atoms with Crippen molar-refractivity contribution in [2.45, 2.75) is 32.9 Å². The first-order valence-electron chi connectivity index (χ1n) is 6.65. The maximum atomic E-state index is 13.3. The molecule has 0 N–H and O–H groups in total. The largest absolute Gasteiger partial charge is 0.434 e. The number of aromatic nitrogens is 1. The van der Waals surface area contributed by atoms with Gasteiger partial charge in [-0.15, -0.1) is 12.6 Å². The van der Waals surface area contributed by atoms with Gasteiger partial charge in [0.15, 0.2) is 5.69 Å². The van der Waals surface area contributed by atoms with Crippen molar-refractivity contribution in [1.82, 2.24) is 4.98 Å². The first-order valence-corrected chi connectivity index (χ1v) is 8.32. The van der Waals surface area contributed by atoms with Crippen LogP contribution >= 0.6 is 24.4 Å². The van der Waals surface area contributed by atoms with Crippen LogP contribution in [0.25, 0.3) is 0 Å². The Morgan fingerprint density at radius 3 is 2.08 bits per heavy atom. The van der Waals surface area contributed by atoms with Gasteiger partial charge in [-0.25, -0.2) is 13.8 Å². The third-order valence-corrected chi connectivity index (χ3v) is 3.82. The van der Waals surface area contributed by atoms with Gasteiger partial charge >= 0.3 is 6.18 Å². The number of nitrogens with zero attached hydrogens (tertiary/aromatic N) is 1. The molecule has 0 amide bonds. The molecule has 24 heavy (non-hydrogen) atoms. The van der Waals surface area contributed by atoms with E-state index in [0.717, 1.165) is 0 Å². The summed E-state index contributed by atoms with van der Waals surface area (Å²) in [5, 5.41) is -2.15. The molecule has 0 fully saturated rings. The maximum absolute atomic E-state index is 13.3. The Kier molecular flexibility index (Phi) is 6.80. The first-order chi connectivity index (χ1) is 10.9. The minimum Gasteiger partial charge on any atom is -0.282 e. The summed E-state index contributed by atoms with van der Waals surface area (Å²) in [5.41, 5.74) is -4.98. The number of thiol groups is 1. The Morgan fingerprint density at radius 1 is 1.21 bits per heavy atom. The second-order valence-corrected chi connectivity index (χ2v) is 6.45. The topological polar surface area (TPSA) is 47.0 Å². The second kappa shape index (κ2) is 7.81. The van der Waals surface area contributed by atoms with Gasteiger partial charge in [0.25, 0.3) is 6.43 Å². The van der Waals surface area contributed by atoms with Crippen molar-refractivity contribution >= 4 is 34.6 Å². The average molecular weight is 387 g/mol. The van der Waals surface area contributed by atoms with Crippen LogP contribution in [-0.4, -0.2) is 21.5 Å². The maximum Gasteiger partial charge on any atom is 0.434 e. The van der Waals surface area contributed by atoms with E-state index >= 15 is 0 Å². The minimum atomic E-state index is -5.12. The molecule has 0 saturated carbocycles. The number of hydrogen-bond donors (Lipinski definition) is 1. The molecule has 0 spiro atoms. The summed E-state index contributed by atoms with van der Waals surface area (Å²) in [6.45, 7) is 3.24. The third-order valence-electron chi connectivity index (χ3n) is 3.02. The zero-order chi connectivity index (χ0) is 18.8. The molecular weight excluding hydrogens is 373 g/mol. The van der Waals surface area contributed by atoms with Gasteiger partial charge in [0.05, 0.1) is 11.1 Å². The molecule has 1 rings (SSSR count). The standard InChI is InChI=1S/C14H14F5NO2S2/c1-5(2)4-6-7(12(21)23)9(11(15)16)20-10(14(17,18)19)8(6)13(22)24-3/h5,11H,4H2,1-3H3,(H,21,23). The van der Waals surface area contributed by atoms with Crippen molar-refractivity contribution in [2.24, 2.45) is 5.92 Å². The fourth-order valence-corrected chi connectivity index (χ4v) is 2.86. The second-order valence-electron chi connectivity index (χ2n) is 5.27. The Morgan fingerprint density at radius 2 is 1.75 bits per heavy atom. The Balaban J connectivity index is 4.03. The molecule has 0 aliphatic rings. The Bertz CT molecular complexity index is 660. The van der Waals surface area contributed by atoms with Gasteiger partial charge in [-0.3, -0.25) is 9.59 Å². The molecule has 3 nitrogen and oxygen atoms in total. The molecule has 0 aliphatic carbocycles. The van der Waals surface area contributed by atoms with Crippen LogP contribution in [0.15, 0.2) is 0 Å². The number of alkyl halides is 5. The van der Waals surface area contributed by atoms with Crippen molar-refractivity contribution in [3.63, 3.8) is 0 Å². The lowest BCUT2D eigenvalue weighted by molar-refractivity contribution is -0.141. The molecule has 1 aromatic rings. The van der Waals surface area contributed by atoms with Crippen molar-refractivity contribution in [3.05, 3.63) is 28.1 Å². The van der Waals surface area contributed by atoms with Gasteiger partial charge in [-0.2, -0.15) is 13.2 Å². The zero-order valence-corrected chi connectivity index (χ0v) is 14.6. The van der Waals surface area contributed by atoms with Gasteiger partial charge in [0, 0.05) is 0 Å². The van der Waals surface area contributed by atoms with Gasteiger partial charge in [0.1, 0.15) is 5.69 Å². The number of thioether (sulfide) groups is 1. The van der Waals surface area contributed by atoms with E-state index in [1.165, 1.54) is 6.26 Å². The summed E-state index contributed by atoms with van der Waals surface area (Å²) in [5.74, 6) is -0.293. The molecule has 0 unspecified atom stereocenters. The molecule has 1 aromatic heterocycles. The zero-order valence-electron chi connectivity index (χ0n) is 12.9. The van der Waals surface area contributed by atoms with Crippen molar-refractivity contribution in [1.29, 1.82) is 0 Å². The molecule has 10 heteroatoms. The quantitative estimate of drug-likeness (QED) is 0.582. The third kappa shape index (κ3) is 4.47. The van der Waals surface area contributed by atoms with E-state index in [9.17, 15) is 31.5 Å². The van der Waals surface area contributed by atoms with Crippen LogP contribution in [0.4, 0.5) is 22.0 Å². The lowest BCUT2D eigenvalue weighted by Crippen LogP contribution is -2.22. The normalized spacial score (nSPS) is 12.1. The molecule has 134 valence electrons. The summed E-state index contributed by atoms with van der Waals surface area (Å²) in [7, 11) is 0. The predicted octanol–water partition coefficient (Wildman–Crippen LogP) is 4.81. The van der Waals surface area contributed by atoms with Crippen LogP contribution in [0.2, 0.25) is 0 Å². The van der Waals surface area contributed by atoms with E-state index in [4.69, 9.17) is 0 Å². The average Bonchev–Trinajstić information content (AvgIpc) is 2.42. The molecule has 1 heterocycles. The number of rotatable bonds is 5. The SMILES string of the molecule is CSC(=O)c1c(C(F)(F)F)nc(C(F)F)c(C(=O)S)c1CC(C)C. The monoisotopic (exact) mass is 387 g/mol. The summed E-state index contributed by atoms with van der Waals surface area (Å²) in [6, 6.07) is 0. The highest BCUT2D eigenvalue weighted by atomic mass is 32.2. The number of pyridine rings is 1. The van der Waals surface area contributed by atoms with E-state index in [-0.39, 0.29) is 17.9 Å². The summed E-state index contributed by atoms with van der Waals surface area (Å²) in [4.78, 5) is 26.6. The summed E-state index contributed by atoms with van der Waals surface area (Å²) in [6.07, 6.45) is -7.45. The smallest absolute Gasteiger partial charge is 0.282 e. The molecular formula is C14H14F5NO2S2. The fraction of sp³-hybridized carbons (Fsp3) is 0.500. The van der Waals surface area contributed by atoms with Gasteiger partial charge in [0.2, 0.25) is 10.2 Å². The van der Waals surface area contributed by atoms with E-state index in [1.54, 1.807) is 13.8 Å². The van der Waals surface area contributed by atoms with E-state index in [1.807, 2.05) is 0 Å². The molecule has 0 aromatic carbocycles. The summed E-state index contributed by atoms with van der Waals surface area (Å²) < 4.78 is 66.2. The van der Waals surface area contributed by atoms with Crippen molar-refractivity contribution in [2.75, 3.05) is 6.26 Å². The van der Waals surface area contributed by atoms with Crippen molar-refractivity contribution < 1.29 is 31.5 Å². The van der Waals surface area contributed by atoms with Gasteiger partial charge in [-0.1, -0.05) is 25.6 Å². The Labute approximate surface area is 144 Å². The van der Waals surface area contributed by atoms with Crippen LogP contribution in [0, 0.1) is 5.92 Å². The number of carbonyl (C=O) groups excluding carboxylic acids is 2. The number of carbonyl (C=O) groups is 2. The molecule has 0 saturated heterocycles. The predicted molar refractivity (Wildman–Crippen MR) is 83.9 cm³/mol. The number of halogens is 5. The van der Waals surface area contributed by atoms with Crippen LogP contribution < -0.4 is 0 Å². The minimum absolute atomic E-state index is 0.172. The molecule has 0 aliphatic heterocycles. The van der Waals surface area contributed by atoms with Crippen molar-refractivity contribution in [3.8, 4) is 0 Å². The highest BCUT2D eigenvalue weighted by Crippen LogP contribution is 2.39. The highest BCUT2D eigenvalue weighted by Gasteiger charge is 2.41. The first kappa shape index (κ1) is 20.9. The molecule has 0 atom stereocenters. The molecule has 0 radical (unpaired) electrons. The Hall–Kier alpha value is -1.16. The van der Waals surface area contributed by atoms with Crippen LogP contribution in [0.3, 0.4) is 0 Å². The van der Waals surface area contributed by atoms with E-state index < -0.39 is 45.3 Å². The van der Waals surface area contributed by atoms with Crippen LogP contribution in [0.5, 0.6) is 0 Å². The van der Waals surface area contributed by atoms with Gasteiger partial charge < -0.3 is 0 Å². The molecule has 0 bridgehead atoms. The highest BCUT2D eigenvalue weighted by molar-refractivity contribution is 8.13. The summed E-state index contributed by atoms with van der Waals surface area (Å²) >= 11 is 3.97. The van der Waals surface area contributed by atoms with Gasteiger partial charge in [-0.05, 0) is 24.2 Å². The van der Waals surface area contributed by atoms with Crippen LogP contribution in [-0.2, 0) is 12.6 Å². The lowest BCUT2D eigenvalue weighted by Gasteiger charge is -2.21. The van der Waals surface area contributed by atoms with E-state index in [0.29, 0.717) is 11.8 Å². The number of hydrogen-bond acceptors (Lipinski definition) is 4. The fourth-order valence-electron chi connectivity index (χ4n) is 2.19.